The third-order valence-corrected chi connectivity index (χ3v) is 6.48. The van der Waals surface area contributed by atoms with Crippen LogP contribution in [0.5, 0.6) is 0 Å². The van der Waals surface area contributed by atoms with Crippen LogP contribution in [0.15, 0.2) is 82.9 Å². The fourth-order valence-corrected chi connectivity index (χ4v) is 4.47. The van der Waals surface area contributed by atoms with Crippen LogP contribution in [0, 0.1) is 6.92 Å². The lowest BCUT2D eigenvalue weighted by molar-refractivity contribution is -0.118. The van der Waals surface area contributed by atoms with Gasteiger partial charge in [-0.2, -0.15) is 0 Å². The van der Waals surface area contributed by atoms with Gasteiger partial charge in [-0.15, -0.1) is 10.2 Å². The van der Waals surface area contributed by atoms with E-state index in [1.165, 1.54) is 11.8 Å². The molecule has 7 nitrogen and oxygen atoms in total. The Labute approximate surface area is 202 Å². The van der Waals surface area contributed by atoms with Crippen molar-refractivity contribution in [3.05, 3.63) is 100.0 Å². The molecule has 0 saturated carbocycles. The lowest BCUT2D eigenvalue weighted by Gasteiger charge is -2.10. The van der Waals surface area contributed by atoms with Crippen LogP contribution in [0.4, 0.5) is 0 Å². The lowest BCUT2D eigenvalue weighted by atomic mass is 10.1. The second-order valence-corrected chi connectivity index (χ2v) is 8.86. The van der Waals surface area contributed by atoms with Gasteiger partial charge in [-0.05, 0) is 36.6 Å². The molecule has 0 aliphatic rings. The van der Waals surface area contributed by atoms with Crippen LogP contribution in [-0.2, 0) is 24.4 Å². The molecule has 1 N–H and O–H groups in total. The first-order valence-electron chi connectivity index (χ1n) is 11.2. The standard InChI is InChI=1S/C26H27N5O2S/c1-3-31-25(22-9-5-4-8-19(22)2)28-29-26(31)34-18-23(32)27-16-20-11-13-21(14-12-20)17-30-15-7-6-10-24(30)33/h4-15H,3,16-18H2,1-2H3,(H,27,32). The molecular weight excluding hydrogens is 446 g/mol. The van der Waals surface area contributed by atoms with Crippen molar-refractivity contribution >= 4 is 17.7 Å². The minimum atomic E-state index is -0.0620. The predicted molar refractivity (Wildman–Crippen MR) is 135 cm³/mol. The smallest absolute Gasteiger partial charge is 0.250 e. The lowest BCUT2D eigenvalue weighted by Crippen LogP contribution is -2.24. The van der Waals surface area contributed by atoms with Crippen LogP contribution in [0.2, 0.25) is 0 Å². The van der Waals surface area contributed by atoms with E-state index < -0.39 is 0 Å². The molecule has 0 aliphatic heterocycles. The number of nitrogens with zero attached hydrogens (tertiary/aromatic N) is 4. The second kappa shape index (κ2) is 11.0. The third-order valence-electron chi connectivity index (χ3n) is 5.52. The fraction of sp³-hybridized carbons (Fsp3) is 0.231. The van der Waals surface area contributed by atoms with Crippen molar-refractivity contribution in [1.29, 1.82) is 0 Å². The minimum absolute atomic E-state index is 0.0266. The van der Waals surface area contributed by atoms with Crippen LogP contribution in [0.1, 0.15) is 23.6 Å². The average molecular weight is 474 g/mol. The molecule has 2 aromatic heterocycles. The van der Waals surface area contributed by atoms with Crippen molar-refractivity contribution in [2.24, 2.45) is 0 Å². The molecule has 0 saturated heterocycles. The van der Waals surface area contributed by atoms with E-state index in [2.05, 4.69) is 28.5 Å². The van der Waals surface area contributed by atoms with E-state index in [1.807, 2.05) is 60.0 Å². The van der Waals surface area contributed by atoms with Crippen LogP contribution >= 0.6 is 11.8 Å². The Morgan fingerprint density at radius 3 is 2.44 bits per heavy atom. The van der Waals surface area contributed by atoms with Crippen molar-refractivity contribution in [3.63, 3.8) is 0 Å². The third kappa shape index (κ3) is 5.63. The first-order chi connectivity index (χ1) is 16.5. The number of carbonyl (C=O) groups is 1. The molecule has 4 aromatic rings. The molecule has 0 fully saturated rings. The summed E-state index contributed by atoms with van der Waals surface area (Å²) in [6.45, 7) is 5.79. The quantitative estimate of drug-likeness (QED) is 0.373. The Morgan fingerprint density at radius 1 is 0.971 bits per heavy atom. The van der Waals surface area contributed by atoms with Crippen molar-refractivity contribution < 1.29 is 4.79 Å². The molecule has 1 amide bonds. The number of thioether (sulfide) groups is 1. The van der Waals surface area contributed by atoms with E-state index in [4.69, 9.17) is 0 Å². The maximum Gasteiger partial charge on any atom is 0.250 e. The maximum atomic E-state index is 12.4. The number of nitrogens with one attached hydrogen (secondary N) is 1. The molecule has 2 aromatic carbocycles. The Kier molecular flexibility index (Phi) is 7.59. The van der Waals surface area contributed by atoms with Crippen LogP contribution in [0.25, 0.3) is 11.4 Å². The summed E-state index contributed by atoms with van der Waals surface area (Å²) >= 11 is 1.39. The summed E-state index contributed by atoms with van der Waals surface area (Å²) < 4.78 is 3.70. The summed E-state index contributed by atoms with van der Waals surface area (Å²) in [5.74, 6) is 1.02. The molecule has 174 valence electrons. The highest BCUT2D eigenvalue weighted by Crippen LogP contribution is 2.26. The molecule has 0 unspecified atom stereocenters. The van der Waals surface area contributed by atoms with E-state index in [1.54, 1.807) is 22.9 Å². The molecule has 8 heteroatoms. The van der Waals surface area contributed by atoms with Crippen molar-refractivity contribution in [1.82, 2.24) is 24.6 Å². The SMILES string of the molecule is CCn1c(SCC(=O)NCc2ccc(Cn3ccccc3=O)cc2)nnc1-c1ccccc1C. The van der Waals surface area contributed by atoms with Gasteiger partial charge in [-0.25, -0.2) is 0 Å². The van der Waals surface area contributed by atoms with Crippen molar-refractivity contribution in [2.45, 2.75) is 38.6 Å². The molecule has 4 rings (SSSR count). The molecule has 0 aliphatic carbocycles. The summed E-state index contributed by atoms with van der Waals surface area (Å²) in [5.41, 5.74) is 4.19. The van der Waals surface area contributed by atoms with Gasteiger partial charge in [0.15, 0.2) is 11.0 Å². The number of amides is 1. The van der Waals surface area contributed by atoms with Gasteiger partial charge in [0.1, 0.15) is 0 Å². The highest BCUT2D eigenvalue weighted by Gasteiger charge is 2.15. The fourth-order valence-electron chi connectivity index (χ4n) is 3.64. The number of pyridine rings is 1. The van der Waals surface area contributed by atoms with E-state index >= 15 is 0 Å². The Morgan fingerprint density at radius 2 is 1.71 bits per heavy atom. The number of carbonyl (C=O) groups excluding carboxylic acids is 1. The van der Waals surface area contributed by atoms with Gasteiger partial charge < -0.3 is 14.5 Å². The number of aromatic nitrogens is 4. The van der Waals surface area contributed by atoms with Gasteiger partial charge in [0.25, 0.3) is 5.56 Å². The predicted octanol–water partition coefficient (Wildman–Crippen LogP) is 3.89. The van der Waals surface area contributed by atoms with Gasteiger partial charge in [-0.1, -0.05) is 66.4 Å². The van der Waals surface area contributed by atoms with E-state index in [0.717, 1.165) is 39.8 Å². The number of benzene rings is 2. The molecule has 0 bridgehead atoms. The second-order valence-electron chi connectivity index (χ2n) is 7.91. The number of aryl methyl sites for hydroxylation is 1. The normalized spacial score (nSPS) is 10.9. The number of rotatable bonds is 9. The molecular formula is C26H27N5O2S. The molecule has 2 heterocycles. The maximum absolute atomic E-state index is 12.4. The topological polar surface area (TPSA) is 81.8 Å². The van der Waals surface area contributed by atoms with E-state index in [0.29, 0.717) is 13.1 Å². The highest BCUT2D eigenvalue weighted by molar-refractivity contribution is 7.99. The first kappa shape index (κ1) is 23.5. The molecule has 0 atom stereocenters. The van der Waals surface area contributed by atoms with E-state index in [-0.39, 0.29) is 17.2 Å². The number of hydrogen-bond donors (Lipinski definition) is 1. The van der Waals surface area contributed by atoms with Crippen LogP contribution < -0.4 is 10.9 Å². The van der Waals surface area contributed by atoms with E-state index in [9.17, 15) is 9.59 Å². The van der Waals surface area contributed by atoms with Crippen LogP contribution in [0.3, 0.4) is 0 Å². The minimum Gasteiger partial charge on any atom is -0.351 e. The zero-order valence-electron chi connectivity index (χ0n) is 19.3. The van der Waals surface area contributed by atoms with Gasteiger partial charge >= 0.3 is 0 Å². The highest BCUT2D eigenvalue weighted by atomic mass is 32.2. The zero-order chi connectivity index (χ0) is 23.9. The largest absolute Gasteiger partial charge is 0.351 e. The van der Waals surface area contributed by atoms with Crippen molar-refractivity contribution in [2.75, 3.05) is 5.75 Å². The zero-order valence-corrected chi connectivity index (χ0v) is 20.1. The Bertz CT molecular complexity index is 1330. The molecule has 0 spiro atoms. The van der Waals surface area contributed by atoms with Crippen molar-refractivity contribution in [3.8, 4) is 11.4 Å². The summed E-state index contributed by atoms with van der Waals surface area (Å²) in [5, 5.41) is 12.4. The Balaban J connectivity index is 1.31. The molecule has 0 radical (unpaired) electrons. The summed E-state index contributed by atoms with van der Waals surface area (Å²) in [4.78, 5) is 24.3. The Hall–Kier alpha value is -3.65. The van der Waals surface area contributed by atoms with Gasteiger partial charge in [-0.3, -0.25) is 9.59 Å². The van der Waals surface area contributed by atoms with Gasteiger partial charge in [0.2, 0.25) is 5.91 Å². The average Bonchev–Trinajstić information content (AvgIpc) is 3.26. The molecule has 34 heavy (non-hydrogen) atoms. The van der Waals surface area contributed by atoms with Crippen LogP contribution in [-0.4, -0.2) is 31.0 Å². The monoisotopic (exact) mass is 473 g/mol. The summed E-state index contributed by atoms with van der Waals surface area (Å²) in [7, 11) is 0. The van der Waals surface area contributed by atoms with Gasteiger partial charge in [0.05, 0.1) is 12.3 Å². The summed E-state index contributed by atoms with van der Waals surface area (Å²) in [6.07, 6.45) is 1.78. The first-order valence-corrected chi connectivity index (χ1v) is 12.2. The van der Waals surface area contributed by atoms with Gasteiger partial charge in [0, 0.05) is 30.9 Å². The summed E-state index contributed by atoms with van der Waals surface area (Å²) in [6, 6.07) is 21.1. The number of hydrogen-bond acceptors (Lipinski definition) is 5.